The Morgan fingerprint density at radius 2 is 1.84 bits per heavy atom. The van der Waals surface area contributed by atoms with Gasteiger partial charge >= 0.3 is 12.1 Å². The molecule has 0 bridgehead atoms. The van der Waals surface area contributed by atoms with Crippen molar-refractivity contribution in [3.05, 3.63) is 52.1 Å². The normalized spacial score (nSPS) is 19.8. The highest BCUT2D eigenvalue weighted by Gasteiger charge is 2.35. The third-order valence-corrected chi connectivity index (χ3v) is 13.5. The SMILES string of the molecule is CCn1c(-c2cc(N3CCN4CCCC[C@@H]4C3)cnc2C(C)OC)c(CC(C)(C)CO)c2cc(-c3csc(CC(NC(=O)OC(C)(C)C)C(=O)N4CCC[C@@H](C(=O)O)N4)n3)ccc21. The summed E-state index contributed by atoms with van der Waals surface area (Å²) < 4.78 is 13.8. The Bertz CT molecular complexity index is 2280. The maximum Gasteiger partial charge on any atom is 0.408 e. The van der Waals surface area contributed by atoms with Crippen molar-refractivity contribution in [1.29, 1.82) is 0 Å². The number of aryl methyl sites for hydroxylation is 1. The number of aliphatic hydroxyl groups is 1. The summed E-state index contributed by atoms with van der Waals surface area (Å²) >= 11 is 1.39. The number of fused-ring (bicyclic) bond motifs is 2. The van der Waals surface area contributed by atoms with Crippen molar-refractivity contribution < 1.29 is 34.1 Å². The molecule has 3 aliphatic heterocycles. The van der Waals surface area contributed by atoms with Crippen molar-refractivity contribution in [2.45, 2.75) is 130 Å². The first-order valence-corrected chi connectivity index (χ1v) is 23.4. The second-order valence-corrected chi connectivity index (χ2v) is 20.1. The fourth-order valence-electron chi connectivity index (χ4n) is 9.26. The Kier molecular flexibility index (Phi) is 14.2. The van der Waals surface area contributed by atoms with Crippen LogP contribution in [-0.2, 0) is 38.4 Å². The largest absolute Gasteiger partial charge is 0.480 e. The summed E-state index contributed by atoms with van der Waals surface area (Å²) in [6.45, 7) is 18.8. The molecule has 3 aliphatic rings. The lowest BCUT2D eigenvalue weighted by Crippen LogP contribution is -2.60. The van der Waals surface area contributed by atoms with Gasteiger partial charge in [-0.3, -0.25) is 24.5 Å². The van der Waals surface area contributed by atoms with E-state index in [2.05, 4.69) is 70.1 Å². The minimum atomic E-state index is -1.06. The predicted molar refractivity (Wildman–Crippen MR) is 246 cm³/mol. The van der Waals surface area contributed by atoms with E-state index >= 15 is 0 Å². The zero-order valence-electron chi connectivity index (χ0n) is 38.2. The van der Waals surface area contributed by atoms with Crippen molar-refractivity contribution in [2.75, 3.05) is 51.3 Å². The first kappa shape index (κ1) is 46.4. The molecule has 0 aliphatic carbocycles. The Hall–Kier alpha value is -4.61. The van der Waals surface area contributed by atoms with E-state index in [1.54, 1.807) is 27.9 Å². The van der Waals surface area contributed by atoms with Crippen LogP contribution in [-0.4, -0.2) is 123 Å². The minimum Gasteiger partial charge on any atom is -0.480 e. The number of nitrogens with zero attached hydrogens (tertiary/aromatic N) is 6. The molecule has 1 aromatic carbocycles. The summed E-state index contributed by atoms with van der Waals surface area (Å²) in [5.74, 6) is -1.51. The van der Waals surface area contributed by atoms with Gasteiger partial charge in [0.1, 0.15) is 17.7 Å². The van der Waals surface area contributed by atoms with E-state index in [1.807, 2.05) is 18.5 Å². The van der Waals surface area contributed by atoms with Crippen LogP contribution in [0.3, 0.4) is 0 Å². The van der Waals surface area contributed by atoms with Crippen LogP contribution in [0, 0.1) is 5.41 Å². The highest BCUT2D eigenvalue weighted by atomic mass is 32.1. The number of pyridine rings is 1. The average Bonchev–Trinajstić information content (AvgIpc) is 3.86. The van der Waals surface area contributed by atoms with Crippen molar-refractivity contribution >= 4 is 45.9 Å². The molecule has 15 nitrogen and oxygen atoms in total. The number of aliphatic carboxylic acids is 1. The van der Waals surface area contributed by atoms with Crippen LogP contribution in [0.2, 0.25) is 0 Å². The summed E-state index contributed by atoms with van der Waals surface area (Å²) in [5.41, 5.74) is 9.45. The maximum absolute atomic E-state index is 13.9. The number of carboxylic acids is 1. The number of hydrazine groups is 1. The Morgan fingerprint density at radius 1 is 1.05 bits per heavy atom. The number of nitrogens with one attached hydrogen (secondary N) is 2. The van der Waals surface area contributed by atoms with E-state index in [-0.39, 0.29) is 19.1 Å². The first-order chi connectivity index (χ1) is 30.0. The van der Waals surface area contributed by atoms with Gasteiger partial charge in [0.25, 0.3) is 5.91 Å². The fourth-order valence-corrected chi connectivity index (χ4v) is 10.1. The topological polar surface area (TPSA) is 175 Å². The number of anilines is 1. The van der Waals surface area contributed by atoms with Gasteiger partial charge in [-0.15, -0.1) is 11.3 Å². The number of hydrogen-bond acceptors (Lipinski definition) is 12. The second kappa shape index (κ2) is 19.2. The number of aliphatic hydroxyl groups excluding tert-OH is 1. The minimum absolute atomic E-state index is 0.00674. The quantitative estimate of drug-likeness (QED) is 0.104. The Morgan fingerprint density at radius 3 is 2.56 bits per heavy atom. The van der Waals surface area contributed by atoms with Crippen molar-refractivity contribution in [3.8, 4) is 22.5 Å². The molecule has 63 heavy (non-hydrogen) atoms. The number of aromatic nitrogens is 3. The van der Waals surface area contributed by atoms with Crippen LogP contribution in [0.1, 0.15) is 103 Å². The molecule has 2 amide bonds. The standard InChI is InChI=1S/C47H66N8O7S/c1-9-54-39-16-15-30(38-27-63-40(49-38)23-37(50-45(60)62-46(3,4)5)43(57)55-18-12-14-36(51-55)44(58)59)21-33(39)35(24-47(6,7)28-56)42(54)34-22-32(25-48-41(34)29(2)61-8)53-20-19-52-17-11-10-13-31(52)26-53/h15-16,21-22,25,27,29,31,36-37,51,56H,9-14,17-20,23-24,26,28H2,1-8H3,(H,50,60)(H,58,59)/t29?,31-,36+,37?/m1/s1. The molecule has 0 saturated carbocycles. The fraction of sp³-hybridized carbons (Fsp3) is 0.596. The van der Waals surface area contributed by atoms with Gasteiger partial charge in [-0.2, -0.15) is 0 Å². The van der Waals surface area contributed by atoms with E-state index in [1.165, 1.54) is 42.2 Å². The van der Waals surface area contributed by atoms with E-state index in [0.717, 1.165) is 70.0 Å². The second-order valence-electron chi connectivity index (χ2n) is 19.1. The summed E-state index contributed by atoms with van der Waals surface area (Å²) in [6, 6.07) is 7.28. The van der Waals surface area contributed by atoms with E-state index in [9.17, 15) is 24.6 Å². The predicted octanol–water partition coefficient (Wildman–Crippen LogP) is 6.81. The van der Waals surface area contributed by atoms with Gasteiger partial charge in [0.05, 0.1) is 40.1 Å². The molecule has 342 valence electrons. The molecule has 4 atom stereocenters. The van der Waals surface area contributed by atoms with Crippen LogP contribution in [0.15, 0.2) is 35.8 Å². The van der Waals surface area contributed by atoms with Crippen LogP contribution in [0.5, 0.6) is 0 Å². The molecule has 4 N–H and O–H groups in total. The first-order valence-electron chi connectivity index (χ1n) is 22.5. The molecule has 4 aromatic rings. The monoisotopic (exact) mass is 886 g/mol. The molecular formula is C47H66N8O7S. The lowest BCUT2D eigenvalue weighted by Gasteiger charge is -2.45. The molecule has 0 spiro atoms. The number of carbonyl (C=O) groups is 3. The number of rotatable bonds is 14. The van der Waals surface area contributed by atoms with Crippen LogP contribution in [0.4, 0.5) is 10.5 Å². The number of carboxylic acid groups (broad SMARTS) is 1. The van der Waals surface area contributed by atoms with Gasteiger partial charge in [-0.1, -0.05) is 26.3 Å². The van der Waals surface area contributed by atoms with Gasteiger partial charge in [0.15, 0.2) is 0 Å². The molecule has 3 saturated heterocycles. The number of carbonyl (C=O) groups excluding carboxylic acids is 2. The summed E-state index contributed by atoms with van der Waals surface area (Å²) in [7, 11) is 1.72. The molecular weight excluding hydrogens is 821 g/mol. The highest BCUT2D eigenvalue weighted by molar-refractivity contribution is 7.10. The number of hydrogen-bond donors (Lipinski definition) is 4. The number of amides is 2. The molecule has 2 unspecified atom stereocenters. The Labute approximate surface area is 375 Å². The third-order valence-electron chi connectivity index (χ3n) is 12.6. The van der Waals surface area contributed by atoms with Crippen molar-refractivity contribution in [3.63, 3.8) is 0 Å². The number of ether oxygens (including phenoxy) is 2. The number of benzene rings is 1. The lowest BCUT2D eigenvalue weighted by molar-refractivity contribution is -0.147. The molecule has 3 fully saturated rings. The van der Waals surface area contributed by atoms with Gasteiger partial charge < -0.3 is 34.5 Å². The molecule has 7 rings (SSSR count). The summed E-state index contributed by atoms with van der Waals surface area (Å²) in [4.78, 5) is 54.1. The van der Waals surface area contributed by atoms with Gasteiger partial charge in [0, 0.05) is 86.3 Å². The van der Waals surface area contributed by atoms with Crippen molar-refractivity contribution in [2.24, 2.45) is 5.41 Å². The molecule has 3 aromatic heterocycles. The molecule has 16 heteroatoms. The Balaban J connectivity index is 1.27. The number of piperazine rings is 1. The van der Waals surface area contributed by atoms with Gasteiger partial charge in [0.2, 0.25) is 0 Å². The van der Waals surface area contributed by atoms with E-state index < -0.39 is 41.1 Å². The van der Waals surface area contributed by atoms with E-state index in [0.29, 0.717) is 43.4 Å². The number of thiazole rings is 1. The molecule has 6 heterocycles. The molecule has 0 radical (unpaired) electrons. The number of alkyl carbamates (subject to hydrolysis) is 1. The highest BCUT2D eigenvalue weighted by Crippen LogP contribution is 2.43. The lowest BCUT2D eigenvalue weighted by atomic mass is 9.84. The summed E-state index contributed by atoms with van der Waals surface area (Å²) in [5, 5.41) is 28.0. The number of piperidine rings is 1. The maximum atomic E-state index is 13.9. The zero-order valence-corrected chi connectivity index (χ0v) is 39.0. The van der Waals surface area contributed by atoms with Gasteiger partial charge in [-0.05, 0) is 102 Å². The summed E-state index contributed by atoms with van der Waals surface area (Å²) in [6.07, 6.45) is 6.33. The van der Waals surface area contributed by atoms with Crippen molar-refractivity contribution in [1.82, 2.24) is 35.2 Å². The van der Waals surface area contributed by atoms with Gasteiger partial charge in [-0.25, -0.2) is 15.2 Å². The van der Waals surface area contributed by atoms with Crippen LogP contribution < -0.4 is 15.6 Å². The van der Waals surface area contributed by atoms with Crippen LogP contribution in [0.25, 0.3) is 33.4 Å². The average molecular weight is 887 g/mol. The smallest absolute Gasteiger partial charge is 0.408 e. The van der Waals surface area contributed by atoms with E-state index in [4.69, 9.17) is 19.4 Å². The number of methoxy groups -OCH3 is 1. The zero-order chi connectivity index (χ0) is 45.2. The van der Waals surface area contributed by atoms with Crippen LogP contribution >= 0.6 is 11.3 Å². The third kappa shape index (κ3) is 10.5.